The van der Waals surface area contributed by atoms with Crippen molar-refractivity contribution in [3.05, 3.63) is 29.8 Å². The van der Waals surface area contributed by atoms with E-state index in [1.165, 1.54) is 10.4 Å². The van der Waals surface area contributed by atoms with E-state index >= 15 is 0 Å². The molecule has 0 saturated carbocycles. The Kier molecular flexibility index (Phi) is 5.13. The summed E-state index contributed by atoms with van der Waals surface area (Å²) in [5, 5.41) is 3.23. The summed E-state index contributed by atoms with van der Waals surface area (Å²) >= 11 is 0. The normalized spacial score (nSPS) is 17.1. The van der Waals surface area contributed by atoms with E-state index in [9.17, 15) is 13.2 Å². The molecule has 0 amide bonds. The molecule has 116 valence electrons. The molecule has 0 bridgehead atoms. The SMILES string of the molecule is CCC(=O)c1cccc(S(=O)(=O)N(C)C2CCNCC2)c1. The quantitative estimate of drug-likeness (QED) is 0.840. The fourth-order valence-corrected chi connectivity index (χ4v) is 4.03. The molecule has 1 aromatic carbocycles. The Morgan fingerprint density at radius 1 is 1.33 bits per heavy atom. The molecule has 1 saturated heterocycles. The molecule has 1 aliphatic rings. The van der Waals surface area contributed by atoms with Gasteiger partial charge in [0.25, 0.3) is 0 Å². The van der Waals surface area contributed by atoms with Crippen molar-refractivity contribution in [1.29, 1.82) is 0 Å². The summed E-state index contributed by atoms with van der Waals surface area (Å²) in [5.41, 5.74) is 0.456. The van der Waals surface area contributed by atoms with Crippen molar-refractivity contribution in [1.82, 2.24) is 9.62 Å². The second-order valence-electron chi connectivity index (χ2n) is 5.31. The summed E-state index contributed by atoms with van der Waals surface area (Å²) in [7, 11) is -1.92. The number of nitrogens with one attached hydrogen (secondary N) is 1. The van der Waals surface area contributed by atoms with Gasteiger partial charge in [-0.05, 0) is 38.1 Å². The van der Waals surface area contributed by atoms with Gasteiger partial charge in [-0.1, -0.05) is 19.1 Å². The van der Waals surface area contributed by atoms with Gasteiger partial charge in [0, 0.05) is 25.1 Å². The van der Waals surface area contributed by atoms with Crippen molar-refractivity contribution in [2.75, 3.05) is 20.1 Å². The number of carbonyl (C=O) groups is 1. The third-order valence-electron chi connectivity index (χ3n) is 3.98. The van der Waals surface area contributed by atoms with Crippen LogP contribution in [0.15, 0.2) is 29.2 Å². The molecule has 1 fully saturated rings. The second kappa shape index (κ2) is 6.68. The fourth-order valence-electron chi connectivity index (χ4n) is 2.57. The van der Waals surface area contributed by atoms with Crippen LogP contribution in [0.5, 0.6) is 0 Å². The van der Waals surface area contributed by atoms with Crippen molar-refractivity contribution in [2.45, 2.75) is 37.1 Å². The van der Waals surface area contributed by atoms with Crippen molar-refractivity contribution < 1.29 is 13.2 Å². The number of ketones is 1. The van der Waals surface area contributed by atoms with Gasteiger partial charge in [0.1, 0.15) is 0 Å². The van der Waals surface area contributed by atoms with E-state index in [0.29, 0.717) is 12.0 Å². The van der Waals surface area contributed by atoms with Crippen LogP contribution in [0.3, 0.4) is 0 Å². The van der Waals surface area contributed by atoms with E-state index in [2.05, 4.69) is 5.32 Å². The molecular formula is C15H22N2O3S. The van der Waals surface area contributed by atoms with Gasteiger partial charge in [0.2, 0.25) is 10.0 Å². The first-order valence-electron chi connectivity index (χ1n) is 7.29. The Morgan fingerprint density at radius 2 is 2.00 bits per heavy atom. The van der Waals surface area contributed by atoms with Gasteiger partial charge in [-0.25, -0.2) is 8.42 Å². The van der Waals surface area contributed by atoms with Gasteiger partial charge in [-0.2, -0.15) is 4.31 Å². The number of piperidine rings is 1. The number of carbonyl (C=O) groups excluding carboxylic acids is 1. The molecule has 1 aromatic rings. The van der Waals surface area contributed by atoms with Crippen molar-refractivity contribution in [3.8, 4) is 0 Å². The van der Waals surface area contributed by atoms with E-state index in [1.807, 2.05) is 0 Å². The van der Waals surface area contributed by atoms with Gasteiger partial charge in [-0.3, -0.25) is 4.79 Å². The highest BCUT2D eigenvalue weighted by atomic mass is 32.2. The van der Waals surface area contributed by atoms with Crippen molar-refractivity contribution in [2.24, 2.45) is 0 Å². The van der Waals surface area contributed by atoms with Crippen LogP contribution in [0.4, 0.5) is 0 Å². The molecule has 0 aliphatic carbocycles. The standard InChI is InChI=1S/C15H22N2O3S/c1-3-15(18)12-5-4-6-14(11-12)21(19,20)17(2)13-7-9-16-10-8-13/h4-6,11,13,16H,3,7-10H2,1-2H3. The van der Waals surface area contributed by atoms with Crippen LogP contribution >= 0.6 is 0 Å². The largest absolute Gasteiger partial charge is 0.317 e. The van der Waals surface area contributed by atoms with Gasteiger partial charge in [0.15, 0.2) is 5.78 Å². The summed E-state index contributed by atoms with van der Waals surface area (Å²) < 4.78 is 26.8. The summed E-state index contributed by atoms with van der Waals surface area (Å²) in [6, 6.07) is 6.35. The second-order valence-corrected chi connectivity index (χ2v) is 7.30. The maximum Gasteiger partial charge on any atom is 0.243 e. The lowest BCUT2D eigenvalue weighted by molar-refractivity contribution is 0.0988. The van der Waals surface area contributed by atoms with Crippen molar-refractivity contribution >= 4 is 15.8 Å². The maximum absolute atomic E-state index is 12.7. The Bertz CT molecular complexity index is 607. The molecule has 6 heteroatoms. The topological polar surface area (TPSA) is 66.5 Å². The minimum Gasteiger partial charge on any atom is -0.317 e. The average Bonchev–Trinajstić information content (AvgIpc) is 2.54. The van der Waals surface area contributed by atoms with Crippen LogP contribution in [0.25, 0.3) is 0 Å². The average molecular weight is 310 g/mol. The van der Waals surface area contributed by atoms with Crippen LogP contribution in [-0.2, 0) is 10.0 Å². The molecule has 2 rings (SSSR count). The third kappa shape index (κ3) is 3.51. The number of hydrogen-bond acceptors (Lipinski definition) is 4. The monoisotopic (exact) mass is 310 g/mol. The lowest BCUT2D eigenvalue weighted by Crippen LogP contribution is -2.43. The zero-order valence-electron chi connectivity index (χ0n) is 12.5. The van der Waals surface area contributed by atoms with E-state index in [-0.39, 0.29) is 16.7 Å². The van der Waals surface area contributed by atoms with E-state index in [4.69, 9.17) is 0 Å². The summed E-state index contributed by atoms with van der Waals surface area (Å²) in [6.45, 7) is 3.43. The lowest BCUT2D eigenvalue weighted by Gasteiger charge is -2.30. The molecule has 0 unspecified atom stereocenters. The Morgan fingerprint density at radius 3 is 2.62 bits per heavy atom. The third-order valence-corrected chi connectivity index (χ3v) is 5.88. The summed E-state index contributed by atoms with van der Waals surface area (Å²) in [4.78, 5) is 11.9. The Balaban J connectivity index is 2.28. The predicted molar refractivity (Wildman–Crippen MR) is 81.9 cm³/mol. The Labute approximate surface area is 126 Å². The highest BCUT2D eigenvalue weighted by Gasteiger charge is 2.29. The lowest BCUT2D eigenvalue weighted by atomic mass is 10.1. The first-order chi connectivity index (χ1) is 9.96. The van der Waals surface area contributed by atoms with Crippen LogP contribution in [0.2, 0.25) is 0 Å². The van der Waals surface area contributed by atoms with E-state index in [0.717, 1.165) is 25.9 Å². The van der Waals surface area contributed by atoms with Crippen LogP contribution in [-0.4, -0.2) is 44.7 Å². The van der Waals surface area contributed by atoms with Gasteiger partial charge < -0.3 is 5.32 Å². The zero-order chi connectivity index (χ0) is 15.5. The van der Waals surface area contributed by atoms with Gasteiger partial charge in [0.05, 0.1) is 4.90 Å². The van der Waals surface area contributed by atoms with Crippen LogP contribution in [0, 0.1) is 0 Å². The minimum atomic E-state index is -3.55. The number of nitrogens with zero attached hydrogens (tertiary/aromatic N) is 1. The molecule has 1 heterocycles. The van der Waals surface area contributed by atoms with Crippen LogP contribution < -0.4 is 5.32 Å². The van der Waals surface area contributed by atoms with Crippen LogP contribution in [0.1, 0.15) is 36.5 Å². The molecule has 5 nitrogen and oxygen atoms in total. The number of benzene rings is 1. The fraction of sp³-hybridized carbons (Fsp3) is 0.533. The molecule has 0 atom stereocenters. The number of Topliss-reactive ketones (excluding diaryl/α,β-unsaturated/α-hetero) is 1. The zero-order valence-corrected chi connectivity index (χ0v) is 13.3. The highest BCUT2D eigenvalue weighted by Crippen LogP contribution is 2.22. The van der Waals surface area contributed by atoms with Gasteiger partial charge >= 0.3 is 0 Å². The highest BCUT2D eigenvalue weighted by molar-refractivity contribution is 7.89. The molecular weight excluding hydrogens is 288 g/mol. The Hall–Kier alpha value is -1.24. The maximum atomic E-state index is 12.7. The minimum absolute atomic E-state index is 0.0155. The molecule has 0 spiro atoms. The first kappa shape index (κ1) is 16.1. The van der Waals surface area contributed by atoms with E-state index < -0.39 is 10.0 Å². The van der Waals surface area contributed by atoms with Crippen molar-refractivity contribution in [3.63, 3.8) is 0 Å². The molecule has 1 N–H and O–H groups in total. The molecule has 0 radical (unpaired) electrons. The predicted octanol–water partition coefficient (Wildman–Crippen LogP) is 1.65. The van der Waals surface area contributed by atoms with E-state index in [1.54, 1.807) is 32.2 Å². The molecule has 0 aromatic heterocycles. The molecule has 21 heavy (non-hydrogen) atoms. The first-order valence-corrected chi connectivity index (χ1v) is 8.73. The number of rotatable bonds is 5. The molecule has 1 aliphatic heterocycles. The van der Waals surface area contributed by atoms with Gasteiger partial charge in [-0.15, -0.1) is 0 Å². The summed E-state index contributed by atoms with van der Waals surface area (Å²) in [6.07, 6.45) is 1.99. The number of sulfonamides is 1. The smallest absolute Gasteiger partial charge is 0.243 e. The summed E-state index contributed by atoms with van der Waals surface area (Å²) in [5.74, 6) is -0.0448. The number of hydrogen-bond donors (Lipinski definition) is 1.